The molecule has 134 valence electrons. The monoisotopic (exact) mass is 468 g/mol. The Morgan fingerprint density at radius 1 is 0.783 bits per heavy atom. The number of rotatable bonds is 0. The van der Waals surface area contributed by atoms with Gasteiger partial charge in [-0.05, 0) is 11.5 Å². The van der Waals surface area contributed by atoms with Crippen molar-refractivity contribution in [2.45, 2.75) is 11.5 Å². The van der Waals surface area contributed by atoms with E-state index in [0.717, 1.165) is 36.2 Å². The number of ether oxygens (including phenoxy) is 3. The molecule has 0 radical (unpaired) electrons. The standard InChI is InChI=1S/C16H23O3S2.ClH.Pd/c1-2-15-12-16(3-1)14-21-11-9-19-7-5-17-4-6-18-8-10-20-13-15;;/h1-3H,4-11,13-14H2;1H;/q-1;;+2/p-1. The minimum absolute atomic E-state index is 0.651. The predicted molar refractivity (Wildman–Crippen MR) is 95.9 cm³/mol. The first-order chi connectivity index (χ1) is 11.4. The van der Waals surface area contributed by atoms with Crippen LogP contribution in [0.5, 0.6) is 0 Å². The molecule has 0 saturated carbocycles. The number of halogens is 1. The molecule has 1 heterocycles. The van der Waals surface area contributed by atoms with E-state index in [-0.39, 0.29) is 0 Å². The second kappa shape index (κ2) is 16.2. The van der Waals surface area contributed by atoms with Gasteiger partial charge in [0.15, 0.2) is 0 Å². The van der Waals surface area contributed by atoms with Gasteiger partial charge in [-0.3, -0.25) is 0 Å². The average molecular weight is 469 g/mol. The minimum Gasteiger partial charge on any atom is -0.378 e. The molecule has 0 saturated heterocycles. The molecular formula is C16H23ClO3PdS2. The van der Waals surface area contributed by atoms with Crippen LogP contribution in [0.3, 0.4) is 0 Å². The van der Waals surface area contributed by atoms with Gasteiger partial charge in [0, 0.05) is 11.5 Å². The van der Waals surface area contributed by atoms with Gasteiger partial charge in [-0.1, -0.05) is 0 Å². The van der Waals surface area contributed by atoms with Crippen LogP contribution >= 0.6 is 33.1 Å². The fourth-order valence-electron chi connectivity index (χ4n) is 1.88. The molecule has 1 aliphatic rings. The number of benzene rings is 1. The fourth-order valence-corrected chi connectivity index (χ4v) is 3.42. The van der Waals surface area contributed by atoms with Crippen molar-refractivity contribution in [2.75, 3.05) is 51.1 Å². The molecule has 1 aromatic carbocycles. The van der Waals surface area contributed by atoms with E-state index >= 15 is 0 Å². The van der Waals surface area contributed by atoms with Crippen LogP contribution in [0.2, 0.25) is 0 Å². The van der Waals surface area contributed by atoms with E-state index in [9.17, 15) is 0 Å². The van der Waals surface area contributed by atoms with Crippen molar-refractivity contribution in [2.24, 2.45) is 0 Å². The maximum atomic E-state index is 5.53. The van der Waals surface area contributed by atoms with Crippen molar-refractivity contribution >= 4 is 33.1 Å². The number of hydrogen-bond donors (Lipinski definition) is 0. The zero-order valence-corrected chi connectivity index (χ0v) is 17.0. The van der Waals surface area contributed by atoms with Crippen LogP contribution < -0.4 is 0 Å². The molecule has 1 aromatic rings. The van der Waals surface area contributed by atoms with Crippen molar-refractivity contribution in [3.05, 3.63) is 35.4 Å². The number of thioether (sulfide) groups is 2. The van der Waals surface area contributed by atoms with E-state index < -0.39 is 0 Å². The van der Waals surface area contributed by atoms with E-state index in [1.165, 1.54) is 11.1 Å². The van der Waals surface area contributed by atoms with Crippen molar-refractivity contribution < 1.29 is 32.4 Å². The summed E-state index contributed by atoms with van der Waals surface area (Å²) in [5, 5.41) is 0. The summed E-state index contributed by atoms with van der Waals surface area (Å²) in [6, 6.07) is 9.94. The second-order valence-corrected chi connectivity index (χ2v) is 6.85. The van der Waals surface area contributed by atoms with Gasteiger partial charge < -0.3 is 14.2 Å². The van der Waals surface area contributed by atoms with Crippen LogP contribution in [0.15, 0.2) is 18.2 Å². The third-order valence-electron chi connectivity index (χ3n) is 2.92. The van der Waals surface area contributed by atoms with Gasteiger partial charge in [-0.2, -0.15) is 58.9 Å². The maximum absolute atomic E-state index is 5.53. The molecule has 3 nitrogen and oxygen atoms in total. The summed E-state index contributed by atoms with van der Waals surface area (Å²) in [4.78, 5) is 0. The van der Waals surface area contributed by atoms with E-state index in [4.69, 9.17) is 14.2 Å². The zero-order chi connectivity index (χ0) is 16.6. The van der Waals surface area contributed by atoms with Gasteiger partial charge in [-0.15, -0.1) is 0 Å². The molecule has 0 N–H and O–H groups in total. The van der Waals surface area contributed by atoms with E-state index in [1.807, 2.05) is 23.5 Å². The molecule has 0 spiro atoms. The minimum atomic E-state index is 0.651. The zero-order valence-electron chi connectivity index (χ0n) is 13.0. The van der Waals surface area contributed by atoms with Gasteiger partial charge in [-0.25, -0.2) is 0 Å². The average Bonchev–Trinajstić information content (AvgIpc) is 2.60. The topological polar surface area (TPSA) is 27.7 Å². The van der Waals surface area contributed by atoms with Gasteiger partial charge in [0.1, 0.15) is 0 Å². The third-order valence-corrected chi connectivity index (χ3v) is 4.86. The van der Waals surface area contributed by atoms with Crippen molar-refractivity contribution in [1.29, 1.82) is 0 Å². The molecule has 0 aromatic heterocycles. The fraction of sp³-hybridized carbons (Fsp3) is 0.625. The molecule has 0 aliphatic carbocycles. The first-order valence-corrected chi connectivity index (χ1v) is 11.8. The van der Waals surface area contributed by atoms with Gasteiger partial charge in [0.05, 0.1) is 39.6 Å². The summed E-state index contributed by atoms with van der Waals surface area (Å²) < 4.78 is 16.5. The molecule has 2 rings (SSSR count). The summed E-state index contributed by atoms with van der Waals surface area (Å²) in [7, 11) is 4.49. The summed E-state index contributed by atoms with van der Waals surface area (Å²) in [6.07, 6.45) is 0. The van der Waals surface area contributed by atoms with Crippen molar-refractivity contribution in [1.82, 2.24) is 0 Å². The Morgan fingerprint density at radius 3 is 1.70 bits per heavy atom. The normalized spacial score (nSPS) is 18.9. The van der Waals surface area contributed by atoms with Crippen LogP contribution in [0.4, 0.5) is 0 Å². The van der Waals surface area contributed by atoms with Gasteiger partial charge in [0.25, 0.3) is 0 Å². The van der Waals surface area contributed by atoms with Crippen LogP contribution in [0, 0.1) is 6.07 Å². The van der Waals surface area contributed by atoms with Crippen LogP contribution in [-0.4, -0.2) is 51.1 Å². The Kier molecular flexibility index (Phi) is 15.4. The number of fused-ring (bicyclic) bond motifs is 2. The third kappa shape index (κ3) is 11.9. The number of hydrogen-bond acceptors (Lipinski definition) is 5. The Labute approximate surface area is 162 Å². The van der Waals surface area contributed by atoms with Crippen LogP contribution in [-0.2, 0) is 43.9 Å². The van der Waals surface area contributed by atoms with Crippen LogP contribution in [0.25, 0.3) is 0 Å². The largest absolute Gasteiger partial charge is 0.378 e. The smallest absolute Gasteiger partial charge is 0.0701 e. The molecule has 1 aliphatic heterocycles. The van der Waals surface area contributed by atoms with Gasteiger partial charge in [0.2, 0.25) is 0 Å². The molecule has 23 heavy (non-hydrogen) atoms. The molecule has 2 bridgehead atoms. The van der Waals surface area contributed by atoms with E-state index in [2.05, 4.69) is 52.0 Å². The summed E-state index contributed by atoms with van der Waals surface area (Å²) in [5.74, 6) is 4.02. The Morgan fingerprint density at radius 2 is 1.22 bits per heavy atom. The Hall–Kier alpha value is 0.752. The molecule has 0 amide bonds. The van der Waals surface area contributed by atoms with E-state index in [0.29, 0.717) is 26.4 Å². The SMILES string of the molecule is [Cl][Pd+].[c-]1c2cccc1CSCCOCCOCCOCCSC2. The van der Waals surface area contributed by atoms with Crippen molar-refractivity contribution in [3.8, 4) is 0 Å². The maximum Gasteiger partial charge on any atom is 0.0701 e. The molecule has 0 atom stereocenters. The molecule has 7 heteroatoms. The quantitative estimate of drug-likeness (QED) is 0.427. The predicted octanol–water partition coefficient (Wildman–Crippen LogP) is 3.70. The summed E-state index contributed by atoms with van der Waals surface area (Å²) >= 11 is 6.01. The Bertz CT molecular complexity index is 368. The second-order valence-electron chi connectivity index (χ2n) is 4.64. The summed E-state index contributed by atoms with van der Waals surface area (Å²) in [6.45, 7) is 4.19. The molecular weight excluding hydrogens is 446 g/mol. The van der Waals surface area contributed by atoms with Gasteiger partial charge >= 0.3 is 27.7 Å². The Balaban J connectivity index is 0.00000127. The van der Waals surface area contributed by atoms with Crippen molar-refractivity contribution in [3.63, 3.8) is 0 Å². The first kappa shape index (κ1) is 21.8. The molecule has 0 fully saturated rings. The van der Waals surface area contributed by atoms with Crippen LogP contribution in [0.1, 0.15) is 11.1 Å². The van der Waals surface area contributed by atoms with E-state index in [1.54, 1.807) is 0 Å². The summed E-state index contributed by atoms with van der Waals surface area (Å²) in [5.41, 5.74) is 2.55. The molecule has 0 unspecified atom stereocenters. The first-order valence-electron chi connectivity index (χ1n) is 7.46.